The van der Waals surface area contributed by atoms with E-state index in [4.69, 9.17) is 4.74 Å². The van der Waals surface area contributed by atoms with Crippen molar-refractivity contribution in [1.29, 1.82) is 0 Å². The van der Waals surface area contributed by atoms with Crippen LogP contribution in [0.3, 0.4) is 0 Å². The molecule has 0 radical (unpaired) electrons. The molecule has 0 rings (SSSR count). The smallest absolute Gasteiger partial charge is 0.305 e. The molecule has 0 heterocycles. The van der Waals surface area contributed by atoms with E-state index in [0.29, 0.717) is 25.9 Å². The van der Waals surface area contributed by atoms with Crippen LogP contribution in [0.15, 0.2) is 36.5 Å². The average molecular weight is 1140 g/mol. The lowest BCUT2D eigenvalue weighted by Gasteiger charge is -2.22. The number of hydrogen-bond acceptors (Lipinski definition) is 5. The lowest BCUT2D eigenvalue weighted by Crippen LogP contribution is -2.45. The molecule has 2 unspecified atom stereocenters. The van der Waals surface area contributed by atoms with Gasteiger partial charge in [0.1, 0.15) is 0 Å². The number of carbonyl (C=O) groups excluding carboxylic acids is 2. The van der Waals surface area contributed by atoms with Crippen molar-refractivity contribution in [3.8, 4) is 0 Å². The molecule has 0 bridgehead atoms. The molecule has 6 heteroatoms. The van der Waals surface area contributed by atoms with E-state index in [9.17, 15) is 19.8 Å². The van der Waals surface area contributed by atoms with Gasteiger partial charge in [-0.3, -0.25) is 9.59 Å². The van der Waals surface area contributed by atoms with Crippen LogP contribution in [0, 0.1) is 0 Å². The Kier molecular flexibility index (Phi) is 68.9. The van der Waals surface area contributed by atoms with Crippen LogP contribution in [0.2, 0.25) is 0 Å². The fraction of sp³-hybridized carbons (Fsp3) is 0.893. The number of rotatable bonds is 69. The summed E-state index contributed by atoms with van der Waals surface area (Å²) in [6.45, 7) is 4.96. The fourth-order valence-corrected chi connectivity index (χ4v) is 11.6. The Hall–Kier alpha value is -1.92. The molecule has 2 atom stereocenters. The molecule has 0 aliphatic rings. The molecule has 0 aliphatic heterocycles. The number of aliphatic hydroxyl groups excluding tert-OH is 2. The van der Waals surface area contributed by atoms with Gasteiger partial charge >= 0.3 is 5.97 Å². The Labute approximate surface area is 506 Å². The zero-order valence-electron chi connectivity index (χ0n) is 54.8. The predicted octanol–water partition coefficient (Wildman–Crippen LogP) is 23.9. The van der Waals surface area contributed by atoms with E-state index in [0.717, 1.165) is 51.4 Å². The molecule has 478 valence electrons. The third-order valence-corrected chi connectivity index (χ3v) is 17.2. The molecule has 0 aromatic rings. The largest absolute Gasteiger partial charge is 0.466 e. The second-order valence-electron chi connectivity index (χ2n) is 25.3. The zero-order chi connectivity index (χ0) is 58.5. The Morgan fingerprint density at radius 3 is 0.975 bits per heavy atom. The van der Waals surface area contributed by atoms with Gasteiger partial charge in [-0.25, -0.2) is 0 Å². The third kappa shape index (κ3) is 67.1. The van der Waals surface area contributed by atoms with Crippen molar-refractivity contribution in [2.24, 2.45) is 0 Å². The van der Waals surface area contributed by atoms with E-state index < -0.39 is 12.1 Å². The van der Waals surface area contributed by atoms with Crippen LogP contribution in [0.5, 0.6) is 0 Å². The van der Waals surface area contributed by atoms with Crippen LogP contribution in [0.25, 0.3) is 0 Å². The normalized spacial score (nSPS) is 12.7. The Morgan fingerprint density at radius 2 is 0.617 bits per heavy atom. The number of esters is 1. The van der Waals surface area contributed by atoms with Gasteiger partial charge in [-0.15, -0.1) is 0 Å². The highest BCUT2D eigenvalue weighted by Crippen LogP contribution is 2.19. The van der Waals surface area contributed by atoms with Gasteiger partial charge < -0.3 is 20.3 Å². The summed E-state index contributed by atoms with van der Waals surface area (Å²) in [4.78, 5) is 24.6. The van der Waals surface area contributed by atoms with Gasteiger partial charge in [-0.2, -0.15) is 0 Å². The quantitative estimate of drug-likeness (QED) is 0.0320. The average Bonchev–Trinajstić information content (AvgIpc) is 3.47. The van der Waals surface area contributed by atoms with Gasteiger partial charge in [-0.05, 0) is 83.5 Å². The van der Waals surface area contributed by atoms with E-state index >= 15 is 0 Å². The first-order valence-electron chi connectivity index (χ1n) is 36.7. The first-order valence-corrected chi connectivity index (χ1v) is 36.7. The topological polar surface area (TPSA) is 95.9 Å². The van der Waals surface area contributed by atoms with E-state index in [2.05, 4.69) is 55.6 Å². The lowest BCUT2D eigenvalue weighted by molar-refractivity contribution is -0.143. The second-order valence-corrected chi connectivity index (χ2v) is 25.3. The first-order chi connectivity index (χ1) is 40.0. The second kappa shape index (κ2) is 70.6. The van der Waals surface area contributed by atoms with Crippen molar-refractivity contribution < 1.29 is 24.5 Å². The number of amides is 1. The number of hydrogen-bond donors (Lipinski definition) is 3. The van der Waals surface area contributed by atoms with E-state index in [-0.39, 0.29) is 18.5 Å². The summed E-state index contributed by atoms with van der Waals surface area (Å²) in [7, 11) is 0. The van der Waals surface area contributed by atoms with Crippen molar-refractivity contribution in [2.75, 3.05) is 13.2 Å². The molecular formula is C75H143NO5. The number of ether oxygens (including phenoxy) is 1. The number of nitrogens with one attached hydrogen (secondary N) is 1. The summed E-state index contributed by atoms with van der Waals surface area (Å²) in [6.07, 6.45) is 90.6. The van der Waals surface area contributed by atoms with Gasteiger partial charge in [0.05, 0.1) is 25.4 Å². The van der Waals surface area contributed by atoms with Crippen molar-refractivity contribution in [3.05, 3.63) is 36.5 Å². The van der Waals surface area contributed by atoms with Crippen molar-refractivity contribution >= 4 is 11.9 Å². The molecule has 0 saturated heterocycles. The number of aliphatic hydroxyl groups is 2. The maximum atomic E-state index is 12.6. The highest BCUT2D eigenvalue weighted by molar-refractivity contribution is 5.76. The van der Waals surface area contributed by atoms with Crippen LogP contribution < -0.4 is 5.32 Å². The van der Waals surface area contributed by atoms with Gasteiger partial charge in [0.25, 0.3) is 0 Å². The van der Waals surface area contributed by atoms with Crippen LogP contribution in [0.1, 0.15) is 406 Å². The molecule has 0 fully saturated rings. The molecule has 0 saturated carbocycles. The van der Waals surface area contributed by atoms with Crippen molar-refractivity contribution in [2.45, 2.75) is 418 Å². The molecule has 81 heavy (non-hydrogen) atoms. The van der Waals surface area contributed by atoms with E-state index in [1.165, 1.54) is 321 Å². The molecular weight excluding hydrogens is 995 g/mol. The van der Waals surface area contributed by atoms with E-state index in [1.54, 1.807) is 0 Å². The third-order valence-electron chi connectivity index (χ3n) is 17.2. The summed E-state index contributed by atoms with van der Waals surface area (Å²) in [5, 5.41) is 23.5. The van der Waals surface area contributed by atoms with Crippen molar-refractivity contribution in [1.82, 2.24) is 5.32 Å². The van der Waals surface area contributed by atoms with Gasteiger partial charge in [0.2, 0.25) is 5.91 Å². The first kappa shape index (κ1) is 79.1. The van der Waals surface area contributed by atoms with Crippen LogP contribution in [0.4, 0.5) is 0 Å². The standard InChI is InChI=1S/C75H143NO5/c1-3-5-7-9-11-13-15-17-19-20-21-22-23-27-30-33-36-40-43-47-51-55-59-63-67-73(78)72(71-77)76-74(79)68-64-60-56-52-48-44-41-37-34-31-28-25-24-26-29-32-35-38-42-46-50-54-58-62-66-70-81-75(80)69-65-61-57-53-49-45-39-18-16-14-12-10-8-6-4-2/h12,14,18,25,28,39,72-73,77-78H,3-11,13,15-17,19-24,26-27,29-38,40-71H2,1-2H3,(H,76,79)/b14-12-,28-25-,39-18-. The summed E-state index contributed by atoms with van der Waals surface area (Å²) in [6, 6.07) is -0.546. The van der Waals surface area contributed by atoms with Gasteiger partial charge in [-0.1, -0.05) is 346 Å². The molecule has 0 aliphatic carbocycles. The molecule has 0 aromatic heterocycles. The zero-order valence-corrected chi connectivity index (χ0v) is 54.8. The Bertz CT molecular complexity index is 1310. The maximum Gasteiger partial charge on any atom is 0.305 e. The summed E-state index contributed by atoms with van der Waals surface area (Å²) in [5.74, 6) is -0.0335. The minimum atomic E-state index is -0.668. The van der Waals surface area contributed by atoms with Gasteiger partial charge in [0, 0.05) is 12.8 Å². The molecule has 6 nitrogen and oxygen atoms in total. The SMILES string of the molecule is CCCCC/C=C\C/C=C\CCCCCCCC(=O)OCCCCCCCCCCCCCC/C=C\CCCCCCCCCCCC(=O)NC(CO)C(O)CCCCCCCCCCCCCCCCCCCCCCCCCC. The number of allylic oxidation sites excluding steroid dienone is 6. The van der Waals surface area contributed by atoms with E-state index in [1.807, 2.05) is 0 Å². The maximum absolute atomic E-state index is 12.6. The molecule has 3 N–H and O–H groups in total. The summed E-state index contributed by atoms with van der Waals surface area (Å²) in [5.41, 5.74) is 0. The molecule has 1 amide bonds. The minimum Gasteiger partial charge on any atom is -0.466 e. The van der Waals surface area contributed by atoms with Crippen LogP contribution in [-0.4, -0.2) is 47.4 Å². The monoisotopic (exact) mass is 1140 g/mol. The lowest BCUT2D eigenvalue weighted by atomic mass is 10.0. The highest BCUT2D eigenvalue weighted by Gasteiger charge is 2.20. The Morgan fingerprint density at radius 1 is 0.346 bits per heavy atom. The molecule has 0 aromatic carbocycles. The fourth-order valence-electron chi connectivity index (χ4n) is 11.6. The summed E-state index contributed by atoms with van der Waals surface area (Å²) >= 11 is 0. The minimum absolute atomic E-state index is 0.000136. The number of carbonyl (C=O) groups is 2. The number of unbranched alkanes of at least 4 members (excludes halogenated alkanes) is 52. The van der Waals surface area contributed by atoms with Crippen LogP contribution in [-0.2, 0) is 14.3 Å². The van der Waals surface area contributed by atoms with Gasteiger partial charge in [0.15, 0.2) is 0 Å². The Balaban J connectivity index is 3.40. The predicted molar refractivity (Wildman–Crippen MR) is 356 cm³/mol. The van der Waals surface area contributed by atoms with Crippen molar-refractivity contribution in [3.63, 3.8) is 0 Å². The van der Waals surface area contributed by atoms with Crippen LogP contribution >= 0.6 is 0 Å². The molecule has 0 spiro atoms. The summed E-state index contributed by atoms with van der Waals surface area (Å²) < 4.78 is 5.49. The highest BCUT2D eigenvalue weighted by atomic mass is 16.5.